The van der Waals surface area contributed by atoms with Gasteiger partial charge < -0.3 is 16.6 Å². The number of thiazole rings is 1. The van der Waals surface area contributed by atoms with E-state index in [0.29, 0.717) is 5.13 Å². The minimum Gasteiger partial charge on any atom is -0.377 e. The molecule has 1 amide bonds. The molecule has 60 valence electrons. The summed E-state index contributed by atoms with van der Waals surface area (Å²) in [6.45, 7) is 0. The van der Waals surface area contributed by atoms with E-state index in [1.807, 2.05) is 0 Å². The Morgan fingerprint density at radius 3 is 2.82 bits per heavy atom. The van der Waals surface area contributed by atoms with E-state index < -0.39 is 12.0 Å². The van der Waals surface area contributed by atoms with Crippen LogP contribution in [0.5, 0.6) is 0 Å². The Hall–Kier alpha value is -1.14. The molecule has 0 saturated heterocycles. The van der Waals surface area contributed by atoms with Gasteiger partial charge in [-0.05, 0) is 0 Å². The highest BCUT2D eigenvalue weighted by atomic mass is 32.1. The van der Waals surface area contributed by atoms with E-state index in [4.69, 9.17) is 16.6 Å². The highest BCUT2D eigenvalue weighted by Crippen LogP contribution is 2.17. The fourth-order valence-corrected chi connectivity index (χ4v) is 1.15. The lowest BCUT2D eigenvalue weighted by Gasteiger charge is -1.99. The summed E-state index contributed by atoms with van der Waals surface area (Å²) >= 11 is 1.15. The molecule has 0 aromatic carbocycles. The second kappa shape index (κ2) is 2.85. The standard InChI is InChI=1S/C5H7N3O2S/c6-4(10)3(9)2-1-11-5(7)8-2/h1,3,9H,(H2,6,10)(H2,7,8). The average molecular weight is 173 g/mol. The minimum atomic E-state index is -1.34. The Morgan fingerprint density at radius 2 is 2.45 bits per heavy atom. The third kappa shape index (κ3) is 1.66. The number of hydrogen-bond acceptors (Lipinski definition) is 5. The molecule has 1 aromatic heterocycles. The largest absolute Gasteiger partial charge is 0.377 e. The van der Waals surface area contributed by atoms with E-state index in [0.717, 1.165) is 11.3 Å². The lowest BCUT2D eigenvalue weighted by atomic mass is 10.3. The van der Waals surface area contributed by atoms with Crippen molar-refractivity contribution in [2.75, 3.05) is 5.73 Å². The predicted octanol–water partition coefficient (Wildman–Crippen LogP) is -0.756. The number of nitrogens with two attached hydrogens (primary N) is 2. The van der Waals surface area contributed by atoms with Gasteiger partial charge in [0.05, 0.1) is 5.69 Å². The first-order valence-electron chi connectivity index (χ1n) is 2.79. The van der Waals surface area contributed by atoms with Crippen LogP contribution in [0.3, 0.4) is 0 Å². The van der Waals surface area contributed by atoms with Crippen LogP contribution in [0.1, 0.15) is 11.8 Å². The van der Waals surface area contributed by atoms with Crippen molar-refractivity contribution in [1.29, 1.82) is 0 Å². The first kappa shape index (κ1) is 7.96. The number of carbonyl (C=O) groups is 1. The fraction of sp³-hybridized carbons (Fsp3) is 0.200. The molecule has 0 aliphatic heterocycles. The maximum atomic E-state index is 10.4. The van der Waals surface area contributed by atoms with Crippen LogP contribution in [-0.4, -0.2) is 16.0 Å². The van der Waals surface area contributed by atoms with Gasteiger partial charge in [0.2, 0.25) is 0 Å². The van der Waals surface area contributed by atoms with Crippen molar-refractivity contribution >= 4 is 22.4 Å². The number of aliphatic hydroxyl groups excluding tert-OH is 1. The van der Waals surface area contributed by atoms with Gasteiger partial charge in [0.15, 0.2) is 11.2 Å². The number of anilines is 1. The molecule has 6 heteroatoms. The van der Waals surface area contributed by atoms with Gasteiger partial charge in [-0.1, -0.05) is 0 Å². The van der Waals surface area contributed by atoms with Gasteiger partial charge in [-0.2, -0.15) is 0 Å². The SMILES string of the molecule is NC(=O)C(O)c1csc(N)n1. The molecule has 11 heavy (non-hydrogen) atoms. The molecule has 0 fully saturated rings. The zero-order chi connectivity index (χ0) is 8.43. The van der Waals surface area contributed by atoms with Crippen molar-refractivity contribution in [3.05, 3.63) is 11.1 Å². The third-order valence-corrected chi connectivity index (χ3v) is 1.78. The Balaban J connectivity index is 2.84. The van der Waals surface area contributed by atoms with E-state index in [2.05, 4.69) is 4.98 Å². The number of carbonyl (C=O) groups excluding carboxylic acids is 1. The third-order valence-electron chi connectivity index (χ3n) is 1.09. The maximum Gasteiger partial charge on any atom is 0.252 e. The summed E-state index contributed by atoms with van der Waals surface area (Å²) in [5.74, 6) is -0.824. The van der Waals surface area contributed by atoms with Gasteiger partial charge in [-0.15, -0.1) is 11.3 Å². The van der Waals surface area contributed by atoms with E-state index in [1.54, 1.807) is 0 Å². The zero-order valence-corrected chi connectivity index (χ0v) is 6.34. The van der Waals surface area contributed by atoms with Crippen LogP contribution in [0.4, 0.5) is 5.13 Å². The van der Waals surface area contributed by atoms with Gasteiger partial charge in [-0.25, -0.2) is 4.98 Å². The van der Waals surface area contributed by atoms with Gasteiger partial charge in [-0.3, -0.25) is 4.79 Å². The summed E-state index contributed by atoms with van der Waals surface area (Å²) in [7, 11) is 0. The topological polar surface area (TPSA) is 102 Å². The normalized spacial score (nSPS) is 12.8. The molecule has 1 heterocycles. The molecule has 5 nitrogen and oxygen atoms in total. The highest BCUT2D eigenvalue weighted by Gasteiger charge is 2.16. The minimum absolute atomic E-state index is 0.208. The number of hydrogen-bond donors (Lipinski definition) is 3. The van der Waals surface area contributed by atoms with Crippen LogP contribution in [-0.2, 0) is 4.79 Å². The fourth-order valence-electron chi connectivity index (χ4n) is 0.572. The molecule has 0 saturated carbocycles. The molecule has 1 aromatic rings. The molecule has 5 N–H and O–H groups in total. The van der Waals surface area contributed by atoms with Gasteiger partial charge >= 0.3 is 0 Å². The molecule has 0 radical (unpaired) electrons. The number of aromatic nitrogens is 1. The number of nitrogens with zero attached hydrogens (tertiary/aromatic N) is 1. The zero-order valence-electron chi connectivity index (χ0n) is 5.52. The maximum absolute atomic E-state index is 10.4. The molecule has 0 spiro atoms. The summed E-state index contributed by atoms with van der Waals surface area (Å²) in [6, 6.07) is 0. The van der Waals surface area contributed by atoms with E-state index >= 15 is 0 Å². The lowest BCUT2D eigenvalue weighted by Crippen LogP contribution is -2.21. The van der Waals surface area contributed by atoms with Gasteiger partial charge in [0, 0.05) is 5.38 Å². The number of rotatable bonds is 2. The van der Waals surface area contributed by atoms with Gasteiger partial charge in [0.25, 0.3) is 5.91 Å². The van der Waals surface area contributed by atoms with Crippen LogP contribution in [0, 0.1) is 0 Å². The Kier molecular flexibility index (Phi) is 2.06. The quantitative estimate of drug-likeness (QED) is 0.547. The summed E-state index contributed by atoms with van der Waals surface area (Å²) in [5.41, 5.74) is 10.3. The van der Waals surface area contributed by atoms with Crippen molar-refractivity contribution in [3.8, 4) is 0 Å². The summed E-state index contributed by atoms with van der Waals surface area (Å²) < 4.78 is 0. The van der Waals surface area contributed by atoms with Crippen LogP contribution in [0.15, 0.2) is 5.38 Å². The van der Waals surface area contributed by atoms with Crippen molar-refractivity contribution in [2.45, 2.75) is 6.10 Å². The molecule has 1 atom stereocenters. The van der Waals surface area contributed by atoms with Crippen molar-refractivity contribution in [3.63, 3.8) is 0 Å². The second-order valence-electron chi connectivity index (χ2n) is 1.92. The molecule has 0 bridgehead atoms. The number of aliphatic hydroxyl groups is 1. The molecule has 0 aliphatic carbocycles. The lowest BCUT2D eigenvalue weighted by molar-refractivity contribution is -0.126. The van der Waals surface area contributed by atoms with Crippen molar-refractivity contribution < 1.29 is 9.90 Å². The van der Waals surface area contributed by atoms with Crippen LogP contribution >= 0.6 is 11.3 Å². The van der Waals surface area contributed by atoms with Crippen molar-refractivity contribution in [1.82, 2.24) is 4.98 Å². The monoisotopic (exact) mass is 173 g/mol. The summed E-state index contributed by atoms with van der Waals surface area (Å²) in [4.78, 5) is 14.1. The van der Waals surface area contributed by atoms with Crippen LogP contribution in [0.2, 0.25) is 0 Å². The first-order valence-corrected chi connectivity index (χ1v) is 3.67. The van der Waals surface area contributed by atoms with Crippen LogP contribution < -0.4 is 11.5 Å². The average Bonchev–Trinajstić information content (AvgIpc) is 2.34. The number of amides is 1. The van der Waals surface area contributed by atoms with E-state index in [9.17, 15) is 4.79 Å². The number of primary amides is 1. The Bertz CT molecular complexity index is 272. The van der Waals surface area contributed by atoms with E-state index in [-0.39, 0.29) is 5.69 Å². The van der Waals surface area contributed by atoms with Crippen LogP contribution in [0.25, 0.3) is 0 Å². The first-order chi connectivity index (χ1) is 5.11. The summed E-state index contributed by atoms with van der Waals surface area (Å²) in [6.07, 6.45) is -1.34. The van der Waals surface area contributed by atoms with E-state index in [1.165, 1.54) is 5.38 Å². The predicted molar refractivity (Wildman–Crippen MR) is 40.7 cm³/mol. The van der Waals surface area contributed by atoms with Crippen molar-refractivity contribution in [2.24, 2.45) is 5.73 Å². The second-order valence-corrected chi connectivity index (χ2v) is 2.81. The number of nitrogen functional groups attached to an aromatic ring is 1. The molecular formula is C5H7N3O2S. The Labute approximate surface area is 66.7 Å². The smallest absolute Gasteiger partial charge is 0.252 e. The molecular weight excluding hydrogens is 166 g/mol. The van der Waals surface area contributed by atoms with Gasteiger partial charge in [0.1, 0.15) is 0 Å². The molecule has 1 rings (SSSR count). The Morgan fingerprint density at radius 1 is 1.82 bits per heavy atom. The summed E-state index contributed by atoms with van der Waals surface area (Å²) in [5, 5.41) is 10.8. The molecule has 1 unspecified atom stereocenters. The highest BCUT2D eigenvalue weighted by molar-refractivity contribution is 7.13. The molecule has 0 aliphatic rings.